The first-order chi connectivity index (χ1) is 10.0. The Morgan fingerprint density at radius 1 is 1.55 bits per heavy atom. The highest BCUT2D eigenvalue weighted by atomic mass is 35.5. The van der Waals surface area contributed by atoms with Crippen LogP contribution in [0, 0.1) is 5.82 Å². The van der Waals surface area contributed by atoms with Crippen LogP contribution in [0.4, 0.5) is 4.39 Å². The van der Waals surface area contributed by atoms with Crippen LogP contribution in [0.1, 0.15) is 24.1 Å². The summed E-state index contributed by atoms with van der Waals surface area (Å²) in [7, 11) is 0. The molecule has 1 aromatic carbocycles. The van der Waals surface area contributed by atoms with Crippen LogP contribution in [0.15, 0.2) is 30.6 Å². The average Bonchev–Trinajstić information content (AvgIpc) is 2.91. The van der Waals surface area contributed by atoms with Crippen molar-refractivity contribution in [1.82, 2.24) is 15.1 Å². The minimum atomic E-state index is -0.524. The molecule has 1 aromatic heterocycles. The van der Waals surface area contributed by atoms with Gasteiger partial charge in [0.2, 0.25) is 5.91 Å². The second kappa shape index (κ2) is 8.12. The molecule has 8 heteroatoms. The predicted molar refractivity (Wildman–Crippen MR) is 85.3 cm³/mol. The second-order valence-corrected chi connectivity index (χ2v) is 5.10. The van der Waals surface area contributed by atoms with Crippen LogP contribution in [0.25, 0.3) is 0 Å². The third-order valence-corrected chi connectivity index (χ3v) is 3.35. The minimum absolute atomic E-state index is 0. The molecule has 0 saturated carbocycles. The SMILES string of the molecule is CC(C(=O)NCc1ccc(CN)cc1F)n1cc(Cl)cn1.Cl. The molecule has 1 atom stereocenters. The lowest BCUT2D eigenvalue weighted by Gasteiger charge is -2.13. The third kappa shape index (κ3) is 4.43. The number of aromatic nitrogens is 2. The van der Waals surface area contributed by atoms with Crippen molar-refractivity contribution in [2.45, 2.75) is 26.1 Å². The molecule has 1 heterocycles. The highest BCUT2D eigenvalue weighted by Crippen LogP contribution is 2.13. The predicted octanol–water partition coefficient (Wildman–Crippen LogP) is 2.43. The van der Waals surface area contributed by atoms with Gasteiger partial charge in [0.15, 0.2) is 0 Å². The number of halogens is 3. The lowest BCUT2D eigenvalue weighted by atomic mass is 10.1. The van der Waals surface area contributed by atoms with Crippen molar-refractivity contribution in [2.24, 2.45) is 5.73 Å². The molecule has 0 aliphatic carbocycles. The summed E-state index contributed by atoms with van der Waals surface area (Å²) in [6.45, 7) is 2.07. The first kappa shape index (κ1) is 18.4. The van der Waals surface area contributed by atoms with Crippen molar-refractivity contribution >= 4 is 29.9 Å². The molecular formula is C14H17Cl2FN4O. The van der Waals surface area contributed by atoms with Gasteiger partial charge in [-0.3, -0.25) is 9.48 Å². The van der Waals surface area contributed by atoms with E-state index in [9.17, 15) is 9.18 Å². The Bertz CT molecular complexity index is 648. The van der Waals surface area contributed by atoms with Crippen LogP contribution in [0.5, 0.6) is 0 Å². The maximum Gasteiger partial charge on any atom is 0.244 e. The fraction of sp³-hybridized carbons (Fsp3) is 0.286. The van der Waals surface area contributed by atoms with E-state index >= 15 is 0 Å². The number of carbonyl (C=O) groups excluding carboxylic acids is 1. The quantitative estimate of drug-likeness (QED) is 0.873. The van der Waals surface area contributed by atoms with E-state index in [1.54, 1.807) is 25.3 Å². The van der Waals surface area contributed by atoms with Crippen LogP contribution < -0.4 is 11.1 Å². The van der Waals surface area contributed by atoms with Crippen LogP contribution in [-0.4, -0.2) is 15.7 Å². The number of benzene rings is 1. The Balaban J connectivity index is 0.00000242. The van der Waals surface area contributed by atoms with Gasteiger partial charge in [-0.1, -0.05) is 23.7 Å². The summed E-state index contributed by atoms with van der Waals surface area (Å²) in [5.74, 6) is -0.648. The zero-order valence-electron chi connectivity index (χ0n) is 11.9. The van der Waals surface area contributed by atoms with Gasteiger partial charge < -0.3 is 11.1 Å². The van der Waals surface area contributed by atoms with Gasteiger partial charge in [0.25, 0.3) is 0 Å². The van der Waals surface area contributed by atoms with E-state index in [0.29, 0.717) is 16.1 Å². The number of rotatable bonds is 5. The fourth-order valence-electron chi connectivity index (χ4n) is 1.84. The molecule has 0 aliphatic rings. The third-order valence-electron chi connectivity index (χ3n) is 3.15. The Hall–Kier alpha value is -1.63. The smallest absolute Gasteiger partial charge is 0.244 e. The van der Waals surface area contributed by atoms with Crippen LogP contribution >= 0.6 is 24.0 Å². The van der Waals surface area contributed by atoms with Gasteiger partial charge in [0, 0.05) is 24.8 Å². The van der Waals surface area contributed by atoms with Crippen molar-refractivity contribution < 1.29 is 9.18 Å². The van der Waals surface area contributed by atoms with E-state index in [4.69, 9.17) is 17.3 Å². The second-order valence-electron chi connectivity index (χ2n) is 4.66. The van der Waals surface area contributed by atoms with Crippen LogP contribution in [-0.2, 0) is 17.9 Å². The van der Waals surface area contributed by atoms with Crippen molar-refractivity contribution in [3.63, 3.8) is 0 Å². The molecule has 22 heavy (non-hydrogen) atoms. The first-order valence-corrected chi connectivity index (χ1v) is 6.83. The van der Waals surface area contributed by atoms with Gasteiger partial charge in [0.1, 0.15) is 11.9 Å². The molecule has 120 valence electrons. The Morgan fingerprint density at radius 2 is 2.27 bits per heavy atom. The summed E-state index contributed by atoms with van der Waals surface area (Å²) >= 11 is 5.76. The molecule has 0 radical (unpaired) electrons. The van der Waals surface area contributed by atoms with E-state index in [-0.39, 0.29) is 37.2 Å². The van der Waals surface area contributed by atoms with Crippen molar-refractivity contribution in [2.75, 3.05) is 0 Å². The Morgan fingerprint density at radius 3 is 2.82 bits per heavy atom. The summed E-state index contributed by atoms with van der Waals surface area (Å²) < 4.78 is 15.2. The molecule has 0 fully saturated rings. The molecule has 1 unspecified atom stereocenters. The van der Waals surface area contributed by atoms with Gasteiger partial charge in [-0.15, -0.1) is 12.4 Å². The van der Waals surface area contributed by atoms with E-state index in [2.05, 4.69) is 10.4 Å². The number of nitrogens with zero attached hydrogens (tertiary/aromatic N) is 2. The highest BCUT2D eigenvalue weighted by molar-refractivity contribution is 6.30. The Labute approximate surface area is 139 Å². The molecule has 0 saturated heterocycles. The van der Waals surface area contributed by atoms with Gasteiger partial charge in [-0.25, -0.2) is 4.39 Å². The number of hydrogen-bond acceptors (Lipinski definition) is 3. The zero-order valence-corrected chi connectivity index (χ0v) is 13.5. The lowest BCUT2D eigenvalue weighted by Crippen LogP contribution is -2.31. The van der Waals surface area contributed by atoms with Crippen molar-refractivity contribution in [3.8, 4) is 0 Å². The molecule has 5 nitrogen and oxygen atoms in total. The van der Waals surface area contributed by atoms with Gasteiger partial charge in [-0.2, -0.15) is 5.10 Å². The summed E-state index contributed by atoms with van der Waals surface area (Å²) in [5, 5.41) is 7.10. The highest BCUT2D eigenvalue weighted by Gasteiger charge is 2.16. The van der Waals surface area contributed by atoms with Gasteiger partial charge in [-0.05, 0) is 18.6 Å². The molecular weight excluding hydrogens is 330 g/mol. The lowest BCUT2D eigenvalue weighted by molar-refractivity contribution is -0.124. The van der Waals surface area contributed by atoms with E-state index in [0.717, 1.165) is 0 Å². The topological polar surface area (TPSA) is 72.9 Å². The average molecular weight is 347 g/mol. The maximum absolute atomic E-state index is 13.8. The number of nitrogens with two attached hydrogens (primary N) is 1. The number of hydrogen-bond donors (Lipinski definition) is 2. The molecule has 0 aliphatic heterocycles. The Kier molecular flexibility index (Phi) is 6.80. The largest absolute Gasteiger partial charge is 0.350 e. The monoisotopic (exact) mass is 346 g/mol. The molecule has 3 N–H and O–H groups in total. The van der Waals surface area contributed by atoms with Crippen LogP contribution in [0.2, 0.25) is 5.02 Å². The molecule has 0 bridgehead atoms. The number of carbonyl (C=O) groups is 1. The molecule has 2 aromatic rings. The maximum atomic E-state index is 13.8. The molecule has 2 rings (SSSR count). The normalized spacial score (nSPS) is 11.6. The molecule has 1 amide bonds. The van der Waals surface area contributed by atoms with Gasteiger partial charge >= 0.3 is 0 Å². The van der Waals surface area contributed by atoms with E-state index in [1.165, 1.54) is 16.9 Å². The van der Waals surface area contributed by atoms with Crippen molar-refractivity contribution in [1.29, 1.82) is 0 Å². The zero-order chi connectivity index (χ0) is 15.4. The van der Waals surface area contributed by atoms with Crippen molar-refractivity contribution in [3.05, 3.63) is 52.6 Å². The standard InChI is InChI=1S/C14H16ClFN4O.ClH/c1-9(20-8-12(15)7-19-20)14(21)18-6-11-3-2-10(5-17)4-13(11)16;/h2-4,7-9H,5-6,17H2,1H3,(H,18,21);1H. The van der Waals surface area contributed by atoms with E-state index < -0.39 is 6.04 Å². The van der Waals surface area contributed by atoms with Gasteiger partial charge in [0.05, 0.1) is 11.2 Å². The summed E-state index contributed by atoms with van der Waals surface area (Å²) in [6, 6.07) is 4.20. The summed E-state index contributed by atoms with van der Waals surface area (Å²) in [4.78, 5) is 12.0. The number of nitrogens with one attached hydrogen (secondary N) is 1. The molecule has 0 spiro atoms. The first-order valence-electron chi connectivity index (χ1n) is 6.46. The fourth-order valence-corrected chi connectivity index (χ4v) is 1.98. The minimum Gasteiger partial charge on any atom is -0.350 e. The summed E-state index contributed by atoms with van der Waals surface area (Å²) in [5.41, 5.74) is 6.56. The van der Waals surface area contributed by atoms with E-state index in [1.807, 2.05) is 0 Å². The van der Waals surface area contributed by atoms with Crippen LogP contribution in [0.3, 0.4) is 0 Å². The summed E-state index contributed by atoms with van der Waals surface area (Å²) in [6.07, 6.45) is 3.01. The number of amides is 1.